The second-order valence-corrected chi connectivity index (χ2v) is 3.03. The van der Waals surface area contributed by atoms with Gasteiger partial charge in [0.25, 0.3) is 0 Å². The van der Waals surface area contributed by atoms with Crippen LogP contribution >= 0.6 is 0 Å². The molecule has 0 unspecified atom stereocenters. The van der Waals surface area contributed by atoms with Gasteiger partial charge in [-0.2, -0.15) is 0 Å². The van der Waals surface area contributed by atoms with Gasteiger partial charge in [0.15, 0.2) is 0 Å². The maximum absolute atomic E-state index is 5.46. The summed E-state index contributed by atoms with van der Waals surface area (Å²) in [5, 5.41) is 0. The van der Waals surface area contributed by atoms with Crippen LogP contribution in [0.2, 0.25) is 0 Å². The Morgan fingerprint density at radius 1 is 1.13 bits per heavy atom. The number of hydrogen-bond donors (Lipinski definition) is 0. The van der Waals surface area contributed by atoms with Crippen LogP contribution in [0.3, 0.4) is 0 Å². The first kappa shape index (κ1) is 13.2. The first-order chi connectivity index (χ1) is 7.10. The van der Waals surface area contributed by atoms with Crippen molar-refractivity contribution in [2.24, 2.45) is 0 Å². The molecule has 15 heavy (non-hydrogen) atoms. The molecule has 0 bridgehead atoms. The molecule has 0 aromatic heterocycles. The summed E-state index contributed by atoms with van der Waals surface area (Å²) in [7, 11) is 0. The van der Waals surface area contributed by atoms with Crippen LogP contribution in [0.5, 0.6) is 0 Å². The highest BCUT2D eigenvalue weighted by Gasteiger charge is 1.92. The lowest BCUT2D eigenvalue weighted by Crippen LogP contribution is -1.86. The Hall–Kier alpha value is -1.76. The molecule has 0 aliphatic heterocycles. The Bertz CT molecular complexity index is 327. The van der Waals surface area contributed by atoms with Gasteiger partial charge in [0.2, 0.25) is 0 Å². The van der Waals surface area contributed by atoms with Crippen molar-refractivity contribution in [3.8, 4) is 0 Å². The zero-order valence-electron chi connectivity index (χ0n) is 9.49. The summed E-state index contributed by atoms with van der Waals surface area (Å²) in [6, 6.07) is 0. The molecule has 0 heterocycles. The van der Waals surface area contributed by atoms with Crippen molar-refractivity contribution in [3.05, 3.63) is 73.3 Å². The van der Waals surface area contributed by atoms with Crippen molar-refractivity contribution in [1.82, 2.24) is 0 Å². The van der Waals surface area contributed by atoms with Gasteiger partial charge in [-0.3, -0.25) is 0 Å². The van der Waals surface area contributed by atoms with E-state index >= 15 is 0 Å². The van der Waals surface area contributed by atoms with Crippen molar-refractivity contribution in [2.75, 3.05) is 0 Å². The Labute approximate surface area is 92.5 Å². The zero-order valence-corrected chi connectivity index (χ0v) is 9.49. The van der Waals surface area contributed by atoms with Crippen LogP contribution in [-0.2, 0) is 4.74 Å². The minimum Gasteiger partial charge on any atom is -0.458 e. The number of hydrogen-bond acceptors (Lipinski definition) is 1. The topological polar surface area (TPSA) is 9.23 Å². The molecular formula is C14H18O. The number of allylic oxidation sites excluding steroid dienone is 7. The molecule has 0 N–H and O–H groups in total. The Balaban J connectivity index is 4.32. The molecule has 0 fully saturated rings. The van der Waals surface area contributed by atoms with Crippen LogP contribution in [0.15, 0.2) is 73.3 Å². The van der Waals surface area contributed by atoms with Crippen LogP contribution in [0.25, 0.3) is 0 Å². The lowest BCUT2D eigenvalue weighted by molar-refractivity contribution is 0.337. The van der Waals surface area contributed by atoms with Crippen LogP contribution < -0.4 is 0 Å². The number of rotatable bonds is 6. The van der Waals surface area contributed by atoms with Crippen molar-refractivity contribution >= 4 is 0 Å². The summed E-state index contributed by atoms with van der Waals surface area (Å²) in [6.07, 6.45) is 10.8. The van der Waals surface area contributed by atoms with Crippen molar-refractivity contribution in [1.29, 1.82) is 0 Å². The Kier molecular flexibility index (Phi) is 6.73. The van der Waals surface area contributed by atoms with Gasteiger partial charge >= 0.3 is 0 Å². The fourth-order valence-electron chi connectivity index (χ4n) is 0.773. The smallest absolute Gasteiger partial charge is 0.123 e. The molecule has 0 amide bonds. The molecule has 0 atom stereocenters. The molecule has 0 radical (unpaired) electrons. The summed E-state index contributed by atoms with van der Waals surface area (Å²) in [6.45, 7) is 14.9. The van der Waals surface area contributed by atoms with E-state index in [0.717, 1.165) is 11.3 Å². The molecule has 0 saturated heterocycles. The zero-order chi connectivity index (χ0) is 11.7. The Morgan fingerprint density at radius 3 is 2.27 bits per heavy atom. The molecular weight excluding hydrogens is 184 g/mol. The lowest BCUT2D eigenvalue weighted by Gasteiger charge is -2.04. The van der Waals surface area contributed by atoms with E-state index in [4.69, 9.17) is 4.74 Å². The van der Waals surface area contributed by atoms with Crippen LogP contribution in [0.4, 0.5) is 0 Å². The molecule has 0 spiro atoms. The van der Waals surface area contributed by atoms with Gasteiger partial charge < -0.3 is 4.74 Å². The van der Waals surface area contributed by atoms with E-state index in [0.29, 0.717) is 5.76 Å². The van der Waals surface area contributed by atoms with Gasteiger partial charge in [-0.05, 0) is 32.1 Å². The fraction of sp³-hybridized carbons (Fsp3) is 0.143. The van der Waals surface area contributed by atoms with Gasteiger partial charge in [-0.15, -0.1) is 0 Å². The third-order valence-corrected chi connectivity index (χ3v) is 1.48. The van der Waals surface area contributed by atoms with Crippen molar-refractivity contribution < 1.29 is 4.74 Å². The minimum atomic E-state index is 0.583. The van der Waals surface area contributed by atoms with E-state index < -0.39 is 0 Å². The highest BCUT2D eigenvalue weighted by Crippen LogP contribution is 2.08. The molecule has 0 aliphatic rings. The summed E-state index contributed by atoms with van der Waals surface area (Å²) >= 11 is 0. The first-order valence-corrected chi connectivity index (χ1v) is 4.76. The predicted octanol–water partition coefficient (Wildman–Crippen LogP) is 4.30. The van der Waals surface area contributed by atoms with E-state index in [1.54, 1.807) is 12.2 Å². The lowest BCUT2D eigenvalue weighted by atomic mass is 10.3. The van der Waals surface area contributed by atoms with Crippen LogP contribution in [0, 0.1) is 0 Å². The van der Waals surface area contributed by atoms with Gasteiger partial charge in [-0.25, -0.2) is 0 Å². The maximum atomic E-state index is 5.46. The molecule has 0 aromatic rings. The standard InChI is InChI=1S/C14H18O/c1-6-8-9-14(7-2)15-13(5)11-10-12(3)4/h6-11H,1,3,5H2,2,4H3/b9-8-,11-10-,14-7+. The second-order valence-electron chi connectivity index (χ2n) is 3.03. The molecule has 0 aromatic carbocycles. The molecule has 80 valence electrons. The largest absolute Gasteiger partial charge is 0.458 e. The average molecular weight is 202 g/mol. The molecule has 0 rings (SSSR count). The highest BCUT2D eigenvalue weighted by molar-refractivity contribution is 5.23. The van der Waals surface area contributed by atoms with Gasteiger partial charge in [-0.1, -0.05) is 43.5 Å². The summed E-state index contributed by atoms with van der Waals surface area (Å²) in [5.41, 5.74) is 0.961. The average Bonchev–Trinajstić information content (AvgIpc) is 2.21. The van der Waals surface area contributed by atoms with E-state index in [1.165, 1.54) is 0 Å². The van der Waals surface area contributed by atoms with Crippen LogP contribution in [-0.4, -0.2) is 0 Å². The monoisotopic (exact) mass is 202 g/mol. The SMILES string of the molecule is C=C/C=C\C(=C/C)OC(=C)/C=C\C(=C)C. The van der Waals surface area contributed by atoms with Crippen molar-refractivity contribution in [2.45, 2.75) is 13.8 Å². The number of ether oxygens (including phenoxy) is 1. The van der Waals surface area contributed by atoms with E-state index in [2.05, 4.69) is 19.7 Å². The Morgan fingerprint density at radius 2 is 1.80 bits per heavy atom. The minimum absolute atomic E-state index is 0.583. The third-order valence-electron chi connectivity index (χ3n) is 1.48. The quantitative estimate of drug-likeness (QED) is 0.461. The summed E-state index contributed by atoms with van der Waals surface area (Å²) in [4.78, 5) is 0. The highest BCUT2D eigenvalue weighted by atomic mass is 16.5. The normalized spacial score (nSPS) is 12.0. The van der Waals surface area contributed by atoms with Gasteiger partial charge in [0, 0.05) is 0 Å². The summed E-state index contributed by atoms with van der Waals surface area (Å²) in [5.74, 6) is 1.33. The predicted molar refractivity (Wildman–Crippen MR) is 67.3 cm³/mol. The molecule has 0 saturated carbocycles. The third kappa shape index (κ3) is 7.32. The van der Waals surface area contributed by atoms with Crippen molar-refractivity contribution in [3.63, 3.8) is 0 Å². The first-order valence-electron chi connectivity index (χ1n) is 4.76. The molecule has 0 aliphatic carbocycles. The van der Waals surface area contributed by atoms with Crippen LogP contribution in [0.1, 0.15) is 13.8 Å². The van der Waals surface area contributed by atoms with E-state index in [9.17, 15) is 0 Å². The summed E-state index contributed by atoms with van der Waals surface area (Å²) < 4.78 is 5.46. The molecule has 1 heteroatoms. The maximum Gasteiger partial charge on any atom is 0.123 e. The van der Waals surface area contributed by atoms with E-state index in [1.807, 2.05) is 38.2 Å². The molecule has 1 nitrogen and oxygen atoms in total. The second kappa shape index (κ2) is 7.63. The van der Waals surface area contributed by atoms with E-state index in [-0.39, 0.29) is 0 Å². The fourth-order valence-corrected chi connectivity index (χ4v) is 0.773. The van der Waals surface area contributed by atoms with Gasteiger partial charge in [0.05, 0.1) is 0 Å². The van der Waals surface area contributed by atoms with Gasteiger partial charge in [0.1, 0.15) is 11.5 Å².